The van der Waals surface area contributed by atoms with Crippen LogP contribution in [0.4, 0.5) is 52.7 Å². The monoisotopic (exact) mass is 1310 g/mol. The van der Waals surface area contributed by atoms with Gasteiger partial charge in [-0.3, -0.25) is 24.0 Å². The van der Waals surface area contributed by atoms with Crippen molar-refractivity contribution in [1.82, 2.24) is 0 Å². The van der Waals surface area contributed by atoms with Crippen LogP contribution in [0.5, 0.6) is 0 Å². The fourth-order valence-electron chi connectivity index (χ4n) is 13.4. The molecule has 27 heteroatoms. The molecular weight excluding hydrogens is 1220 g/mol. The van der Waals surface area contributed by atoms with Crippen LogP contribution in [0, 0.1) is 51.2 Å². The standard InChI is InChI=1S/C18H22F12O4.C16H26O3.C16H22O3.C13H18O5/c1-4-12(2,3)11(31)34-10-6-8(13(32,15(19,20)21)16(22,23)24)5-9(7-10)14(33,17(25,26)27)18(28,29)30;1-4-14(2,3)13(17)19-16-8-11-5-12(9-16)7-15(18,6-11)10-16;1-4-16(2,3)15(17)19-11-18-14-9-12-7-5-6-8-13(12)10-14;1-4-13(2,3)12(15)18-9-7-5-6-8(16-7)10(9)17-11(6)14/h8-10,32-33H,4-7H2,1-3H3;11-12,18H,4-10H2,1-3H3;5-8,14H,4,9-11H2,1-3H3;6-10H,4-5H2,1-3H3. The quantitative estimate of drug-likeness (QED) is 0.0608. The number of halogens is 12. The van der Waals surface area contributed by atoms with Crippen molar-refractivity contribution in [3.8, 4) is 0 Å². The minimum atomic E-state index is -6.58. The number of hydrogen-bond acceptors (Lipinski definition) is 15. The van der Waals surface area contributed by atoms with Gasteiger partial charge in [0.25, 0.3) is 11.2 Å². The number of ether oxygens (including phenoxy) is 7. The molecule has 9 atom stereocenters. The van der Waals surface area contributed by atoms with Gasteiger partial charge in [-0.15, -0.1) is 0 Å². The van der Waals surface area contributed by atoms with E-state index in [1.165, 1.54) is 38.3 Å². The molecule has 0 aromatic heterocycles. The van der Waals surface area contributed by atoms with Crippen molar-refractivity contribution in [3.63, 3.8) is 0 Å². The maximum atomic E-state index is 13.3. The van der Waals surface area contributed by atoms with Gasteiger partial charge in [0.15, 0.2) is 19.0 Å². The van der Waals surface area contributed by atoms with E-state index in [-0.39, 0.29) is 66.9 Å². The molecule has 8 fully saturated rings. The maximum Gasteiger partial charge on any atom is 0.426 e. The second-order valence-corrected chi connectivity index (χ2v) is 28.6. The average Bonchev–Trinajstić information content (AvgIpc) is 0.842. The van der Waals surface area contributed by atoms with E-state index in [1.54, 1.807) is 0 Å². The Morgan fingerprint density at radius 2 is 0.978 bits per heavy atom. The lowest BCUT2D eigenvalue weighted by Crippen LogP contribution is -2.67. The first-order valence-electron chi connectivity index (χ1n) is 30.8. The highest BCUT2D eigenvalue weighted by Crippen LogP contribution is 2.61. The lowest BCUT2D eigenvalue weighted by Gasteiger charge is -2.59. The third-order valence-electron chi connectivity index (χ3n) is 20.4. The van der Waals surface area contributed by atoms with Crippen LogP contribution < -0.4 is 0 Å². The molecule has 0 radical (unpaired) electrons. The number of aliphatic hydroxyl groups is 3. The van der Waals surface area contributed by atoms with E-state index >= 15 is 0 Å². The van der Waals surface area contributed by atoms with Gasteiger partial charge in [-0.05, 0) is 175 Å². The minimum Gasteiger partial charge on any atom is -0.462 e. The largest absolute Gasteiger partial charge is 0.462 e. The minimum absolute atomic E-state index is 0.0184. The topological polar surface area (TPSA) is 211 Å². The van der Waals surface area contributed by atoms with E-state index in [1.807, 2.05) is 74.4 Å². The molecule has 3 heterocycles. The highest BCUT2D eigenvalue weighted by atomic mass is 19.4. The molecule has 5 saturated carbocycles. The van der Waals surface area contributed by atoms with E-state index in [0.717, 1.165) is 51.4 Å². The molecule has 3 saturated heterocycles. The first-order valence-corrected chi connectivity index (χ1v) is 30.8. The van der Waals surface area contributed by atoms with Gasteiger partial charge in [-0.1, -0.05) is 52.0 Å². The molecule has 0 amide bonds. The Labute approximate surface area is 516 Å². The van der Waals surface area contributed by atoms with Crippen molar-refractivity contribution >= 4 is 29.8 Å². The van der Waals surface area contributed by atoms with Gasteiger partial charge in [-0.25, -0.2) is 0 Å². The fraction of sp³-hybridized carbons (Fsp3) is 0.825. The summed E-state index contributed by atoms with van der Waals surface area (Å²) in [5.74, 6) is -7.81. The summed E-state index contributed by atoms with van der Waals surface area (Å²) < 4.78 is 198. The second-order valence-electron chi connectivity index (χ2n) is 28.6. The number of alkyl halides is 12. The number of carbonyl (C=O) groups is 5. The third-order valence-corrected chi connectivity index (χ3v) is 20.4. The Morgan fingerprint density at radius 1 is 0.556 bits per heavy atom. The van der Waals surface area contributed by atoms with Gasteiger partial charge >= 0.3 is 54.6 Å². The number of esters is 5. The van der Waals surface area contributed by atoms with Crippen LogP contribution in [0.2, 0.25) is 0 Å². The Kier molecular flexibility index (Phi) is 21.9. The SMILES string of the molecule is CCC(C)(C)C(=O)OC12CC3CC(CC(O)(C3)C1)C2.CCC(C)(C)C(=O)OC1C2CC3C(=O)OC1C3O2.CCC(C)(C)C(=O)OC1CC(C(O)(C(F)(F)F)C(F)(F)F)CC(C(O)(C(F)(F)F)C(F)(F)F)C1.CCC(C)(C)C(=O)OCOC1Cc2ccccc2C1. The number of benzene rings is 1. The Balaban J connectivity index is 0.000000198. The summed E-state index contributed by atoms with van der Waals surface area (Å²) >= 11 is 0. The molecule has 3 N–H and O–H groups in total. The molecule has 15 nitrogen and oxygen atoms in total. The molecule has 6 bridgehead atoms. The van der Waals surface area contributed by atoms with E-state index in [0.29, 0.717) is 31.1 Å². The van der Waals surface area contributed by atoms with Crippen molar-refractivity contribution in [2.24, 2.45) is 51.2 Å². The van der Waals surface area contributed by atoms with Gasteiger partial charge < -0.3 is 48.5 Å². The van der Waals surface area contributed by atoms with E-state index in [9.17, 15) is 92.0 Å². The summed E-state index contributed by atoms with van der Waals surface area (Å²) in [6, 6.07) is 8.35. The fourth-order valence-corrected chi connectivity index (χ4v) is 13.4. The van der Waals surface area contributed by atoms with Crippen molar-refractivity contribution in [2.75, 3.05) is 6.79 Å². The zero-order chi connectivity index (χ0) is 68.2. The Morgan fingerprint density at radius 3 is 1.40 bits per heavy atom. The Hall–Kier alpha value is -4.47. The lowest BCUT2D eigenvalue weighted by atomic mass is 9.52. The maximum absolute atomic E-state index is 13.3. The Bertz CT molecular complexity index is 2610. The molecule has 6 aliphatic carbocycles. The summed E-state index contributed by atoms with van der Waals surface area (Å²) in [6.07, 6.45) is -24.7. The molecule has 1 aromatic rings. The summed E-state index contributed by atoms with van der Waals surface area (Å²) in [5, 5.41) is 29.9. The second kappa shape index (κ2) is 26.4. The lowest BCUT2D eigenvalue weighted by molar-refractivity contribution is -0.405. The molecule has 90 heavy (non-hydrogen) atoms. The van der Waals surface area contributed by atoms with Crippen LogP contribution >= 0.6 is 0 Å². The van der Waals surface area contributed by atoms with Crippen LogP contribution in [0.15, 0.2) is 24.3 Å². The van der Waals surface area contributed by atoms with Crippen molar-refractivity contribution in [1.29, 1.82) is 0 Å². The molecule has 1 aromatic carbocycles. The smallest absolute Gasteiger partial charge is 0.426 e. The molecule has 10 rings (SSSR count). The zero-order valence-corrected chi connectivity index (χ0v) is 53.0. The number of rotatable bonds is 16. The molecule has 514 valence electrons. The molecule has 3 aliphatic heterocycles. The molecule has 9 unspecified atom stereocenters. The van der Waals surface area contributed by atoms with Gasteiger partial charge in [0.1, 0.15) is 17.8 Å². The van der Waals surface area contributed by atoms with Crippen molar-refractivity contribution < 1.29 is 125 Å². The van der Waals surface area contributed by atoms with Crippen LogP contribution in [0.1, 0.15) is 184 Å². The van der Waals surface area contributed by atoms with Crippen LogP contribution in [0.3, 0.4) is 0 Å². The van der Waals surface area contributed by atoms with Crippen LogP contribution in [-0.2, 0) is 70.0 Å². The first-order chi connectivity index (χ1) is 41.0. The van der Waals surface area contributed by atoms with Crippen LogP contribution in [0.25, 0.3) is 0 Å². The predicted molar refractivity (Wildman–Crippen MR) is 296 cm³/mol. The number of fused-ring (bicyclic) bond motifs is 2. The average molecular weight is 1310 g/mol. The van der Waals surface area contributed by atoms with E-state index in [4.69, 9.17) is 33.2 Å². The van der Waals surface area contributed by atoms with E-state index < -0.39 is 119 Å². The van der Waals surface area contributed by atoms with Crippen molar-refractivity contribution in [3.05, 3.63) is 35.4 Å². The van der Waals surface area contributed by atoms with E-state index in [2.05, 4.69) is 12.1 Å². The summed E-state index contributed by atoms with van der Waals surface area (Å²) in [6.45, 7) is 21.2. The first kappa shape index (κ1) is 74.6. The highest BCUT2D eigenvalue weighted by Gasteiger charge is 2.79. The van der Waals surface area contributed by atoms with Gasteiger partial charge in [0.2, 0.25) is 0 Å². The summed E-state index contributed by atoms with van der Waals surface area (Å²) in [4.78, 5) is 60.0. The van der Waals surface area contributed by atoms with Crippen LogP contribution in [-0.4, -0.2) is 136 Å². The van der Waals surface area contributed by atoms with Gasteiger partial charge in [0, 0.05) is 18.3 Å². The molecule has 9 aliphatic rings. The normalized spacial score (nSPS) is 30.0. The van der Waals surface area contributed by atoms with Gasteiger partial charge in [0.05, 0.1) is 45.4 Å². The molecule has 0 spiro atoms. The third kappa shape index (κ3) is 15.5. The number of carbonyl (C=O) groups excluding carboxylic acids is 5. The predicted octanol–water partition coefficient (Wildman–Crippen LogP) is 12.7. The summed E-state index contributed by atoms with van der Waals surface area (Å²) in [5.41, 5.74) is -12.5. The highest BCUT2D eigenvalue weighted by molar-refractivity contribution is 5.79. The van der Waals surface area contributed by atoms with Gasteiger partial charge in [-0.2, -0.15) is 52.7 Å². The zero-order valence-electron chi connectivity index (χ0n) is 53.0. The summed E-state index contributed by atoms with van der Waals surface area (Å²) in [7, 11) is 0. The van der Waals surface area contributed by atoms with Crippen molar-refractivity contribution in [2.45, 2.75) is 270 Å². The number of hydrogen-bond donors (Lipinski definition) is 3. The molecular formula is C63H88F12O15.